The molecule has 9 nitrogen and oxygen atoms in total. The van der Waals surface area contributed by atoms with Gasteiger partial charge < -0.3 is 10.6 Å². The summed E-state index contributed by atoms with van der Waals surface area (Å²) in [6.45, 7) is 4.02. The highest BCUT2D eigenvalue weighted by atomic mass is 35.5. The number of urea groups is 1. The number of carbonyl (C=O) groups is 3. The van der Waals surface area contributed by atoms with Crippen LogP contribution < -0.4 is 10.6 Å². The molecule has 0 saturated carbocycles. The molecule has 2 N–H and O–H groups in total. The first-order chi connectivity index (χ1) is 14.2. The van der Waals surface area contributed by atoms with Gasteiger partial charge in [-0.25, -0.2) is 4.79 Å². The molecule has 0 unspecified atom stereocenters. The largest absolute Gasteiger partial charge is 0.338 e. The Hall–Kier alpha value is -3.46. The molecule has 1 aliphatic heterocycles. The van der Waals surface area contributed by atoms with Gasteiger partial charge >= 0.3 is 6.03 Å². The van der Waals surface area contributed by atoms with Crippen molar-refractivity contribution in [1.29, 1.82) is 0 Å². The first-order valence-electron chi connectivity index (χ1n) is 9.15. The number of non-ortho nitro benzene ring substituents is 1. The van der Waals surface area contributed by atoms with Crippen LogP contribution in [0.1, 0.15) is 38.3 Å². The van der Waals surface area contributed by atoms with Crippen molar-refractivity contribution < 1.29 is 19.3 Å². The van der Waals surface area contributed by atoms with Crippen LogP contribution in [0.2, 0.25) is 5.02 Å². The number of carbonyl (C=O) groups excluding carboxylic acids is 3. The first kappa shape index (κ1) is 21.3. The van der Waals surface area contributed by atoms with Crippen LogP contribution in [0.15, 0.2) is 30.3 Å². The van der Waals surface area contributed by atoms with E-state index in [0.29, 0.717) is 17.1 Å². The minimum Gasteiger partial charge on any atom is -0.338 e. The molecule has 0 bridgehead atoms. The predicted octanol–water partition coefficient (Wildman–Crippen LogP) is 3.67. The minimum absolute atomic E-state index is 0.0180. The first-order valence-corrected chi connectivity index (χ1v) is 9.53. The summed E-state index contributed by atoms with van der Waals surface area (Å²) in [5.74, 6) is -1.08. The molecule has 1 heterocycles. The Morgan fingerprint density at radius 2 is 1.83 bits per heavy atom. The summed E-state index contributed by atoms with van der Waals surface area (Å²) in [4.78, 5) is 48.2. The van der Waals surface area contributed by atoms with Crippen molar-refractivity contribution in [2.45, 2.75) is 20.3 Å². The molecule has 0 aromatic heterocycles. The van der Waals surface area contributed by atoms with Gasteiger partial charge in [-0.05, 0) is 43.5 Å². The number of imide groups is 1. The molecule has 2 aromatic rings. The molecule has 1 aliphatic rings. The third-order valence-electron chi connectivity index (χ3n) is 4.68. The number of amides is 4. The van der Waals surface area contributed by atoms with E-state index in [1.165, 1.54) is 12.1 Å². The molecule has 0 radical (unpaired) electrons. The molecular weight excluding hydrogens is 412 g/mol. The zero-order chi connectivity index (χ0) is 22.0. The summed E-state index contributed by atoms with van der Waals surface area (Å²) >= 11 is 6.17. The molecule has 156 valence electrons. The quantitative estimate of drug-likeness (QED) is 0.313. The third-order valence-corrected chi connectivity index (χ3v) is 4.98. The summed E-state index contributed by atoms with van der Waals surface area (Å²) in [5, 5.41) is 16.7. The number of nitrogens with one attached hydrogen (secondary N) is 2. The number of hydrogen-bond donors (Lipinski definition) is 2. The lowest BCUT2D eigenvalue weighted by Crippen LogP contribution is -2.35. The van der Waals surface area contributed by atoms with Crippen molar-refractivity contribution in [3.63, 3.8) is 0 Å². The number of nitro benzene ring substituents is 1. The van der Waals surface area contributed by atoms with Crippen LogP contribution in [0.5, 0.6) is 0 Å². The van der Waals surface area contributed by atoms with Crippen LogP contribution in [0.3, 0.4) is 0 Å². The van der Waals surface area contributed by atoms with Gasteiger partial charge in [0.2, 0.25) is 0 Å². The van der Waals surface area contributed by atoms with Crippen LogP contribution >= 0.6 is 11.6 Å². The monoisotopic (exact) mass is 430 g/mol. The van der Waals surface area contributed by atoms with Crippen LogP contribution in [-0.4, -0.2) is 40.8 Å². The number of hydrogen-bond acceptors (Lipinski definition) is 5. The highest BCUT2D eigenvalue weighted by Crippen LogP contribution is 2.28. The van der Waals surface area contributed by atoms with E-state index in [1.807, 2.05) is 19.9 Å². The maximum atomic E-state index is 12.4. The van der Waals surface area contributed by atoms with E-state index in [2.05, 4.69) is 10.6 Å². The number of anilines is 1. The van der Waals surface area contributed by atoms with E-state index < -0.39 is 22.8 Å². The molecule has 4 amide bonds. The van der Waals surface area contributed by atoms with Gasteiger partial charge in [-0.1, -0.05) is 17.7 Å². The third kappa shape index (κ3) is 4.25. The van der Waals surface area contributed by atoms with Gasteiger partial charge in [-0.2, -0.15) is 0 Å². The van der Waals surface area contributed by atoms with Gasteiger partial charge in [0.25, 0.3) is 17.5 Å². The van der Waals surface area contributed by atoms with Gasteiger partial charge in [0.05, 0.1) is 26.8 Å². The Morgan fingerprint density at radius 3 is 2.50 bits per heavy atom. The lowest BCUT2D eigenvalue weighted by Gasteiger charge is -2.15. The van der Waals surface area contributed by atoms with E-state index in [0.717, 1.165) is 22.1 Å². The Labute approximate surface area is 177 Å². The van der Waals surface area contributed by atoms with Crippen molar-refractivity contribution in [3.8, 4) is 0 Å². The maximum Gasteiger partial charge on any atom is 0.319 e. The Kier molecular flexibility index (Phi) is 6.02. The number of aryl methyl sites for hydroxylation is 2. The number of fused-ring (bicyclic) bond motifs is 1. The number of nitrogens with zero attached hydrogens (tertiary/aromatic N) is 2. The minimum atomic E-state index is -0.620. The Morgan fingerprint density at radius 1 is 1.13 bits per heavy atom. The topological polar surface area (TPSA) is 122 Å². The number of rotatable bonds is 6. The highest BCUT2D eigenvalue weighted by Gasteiger charge is 2.36. The van der Waals surface area contributed by atoms with Gasteiger partial charge in [0.1, 0.15) is 0 Å². The molecule has 2 aromatic carbocycles. The lowest BCUT2D eigenvalue weighted by atomic mass is 10.1. The molecule has 0 spiro atoms. The van der Waals surface area contributed by atoms with E-state index in [-0.39, 0.29) is 29.9 Å². The van der Waals surface area contributed by atoms with Gasteiger partial charge in [0.15, 0.2) is 0 Å². The average Bonchev–Trinajstić information content (AvgIpc) is 2.92. The molecular formula is C20H19ClN4O5. The maximum absolute atomic E-state index is 12.4. The summed E-state index contributed by atoms with van der Waals surface area (Å²) in [5.41, 5.74) is 2.23. The molecule has 30 heavy (non-hydrogen) atoms. The van der Waals surface area contributed by atoms with Crippen LogP contribution in [0, 0.1) is 24.0 Å². The molecule has 0 aliphatic carbocycles. The average molecular weight is 431 g/mol. The van der Waals surface area contributed by atoms with Crippen molar-refractivity contribution >= 4 is 40.8 Å². The standard InChI is InChI=1S/C20H19ClN4O5/c1-11-8-12(2)17(16(21)9-11)23-20(28)22-6-3-7-24-18(26)14-5-4-13(25(29)30)10-15(14)19(24)27/h4-5,8-10H,3,6-7H2,1-2H3,(H2,22,23,28). The zero-order valence-electron chi connectivity index (χ0n) is 16.3. The Balaban J connectivity index is 1.53. The Bertz CT molecular complexity index is 1050. The van der Waals surface area contributed by atoms with Crippen LogP contribution in [0.4, 0.5) is 16.2 Å². The van der Waals surface area contributed by atoms with Crippen LogP contribution in [-0.2, 0) is 0 Å². The fraction of sp³-hybridized carbons (Fsp3) is 0.250. The number of benzene rings is 2. The zero-order valence-corrected chi connectivity index (χ0v) is 17.1. The molecule has 0 fully saturated rings. The van der Waals surface area contributed by atoms with Gasteiger partial charge in [-0.15, -0.1) is 0 Å². The fourth-order valence-corrected chi connectivity index (χ4v) is 3.63. The van der Waals surface area contributed by atoms with Crippen molar-refractivity contribution in [2.24, 2.45) is 0 Å². The van der Waals surface area contributed by atoms with Crippen LogP contribution in [0.25, 0.3) is 0 Å². The van der Waals surface area contributed by atoms with E-state index in [1.54, 1.807) is 6.07 Å². The lowest BCUT2D eigenvalue weighted by molar-refractivity contribution is -0.384. The van der Waals surface area contributed by atoms with Crippen molar-refractivity contribution in [3.05, 3.63) is 67.7 Å². The van der Waals surface area contributed by atoms with Gasteiger partial charge in [-0.3, -0.25) is 24.6 Å². The second kappa shape index (κ2) is 8.50. The predicted molar refractivity (Wildman–Crippen MR) is 111 cm³/mol. The second-order valence-electron chi connectivity index (χ2n) is 6.92. The highest BCUT2D eigenvalue weighted by molar-refractivity contribution is 6.34. The van der Waals surface area contributed by atoms with Crippen molar-refractivity contribution in [1.82, 2.24) is 10.2 Å². The summed E-state index contributed by atoms with van der Waals surface area (Å²) in [6.07, 6.45) is 0.321. The smallest absolute Gasteiger partial charge is 0.319 e. The second-order valence-corrected chi connectivity index (χ2v) is 7.33. The fourth-order valence-electron chi connectivity index (χ4n) is 3.27. The van der Waals surface area contributed by atoms with E-state index in [9.17, 15) is 24.5 Å². The van der Waals surface area contributed by atoms with E-state index >= 15 is 0 Å². The van der Waals surface area contributed by atoms with Gasteiger partial charge in [0, 0.05) is 25.2 Å². The summed E-state index contributed by atoms with van der Waals surface area (Å²) < 4.78 is 0. The normalized spacial score (nSPS) is 12.7. The number of nitro groups is 1. The molecule has 0 saturated heterocycles. The summed E-state index contributed by atoms with van der Waals surface area (Å²) in [6, 6.07) is 6.77. The molecule has 3 rings (SSSR count). The van der Waals surface area contributed by atoms with Crippen molar-refractivity contribution in [2.75, 3.05) is 18.4 Å². The number of halogens is 1. The molecule has 10 heteroatoms. The summed E-state index contributed by atoms with van der Waals surface area (Å²) in [7, 11) is 0. The molecule has 0 atom stereocenters. The van der Waals surface area contributed by atoms with E-state index in [4.69, 9.17) is 11.6 Å². The SMILES string of the molecule is Cc1cc(C)c(NC(=O)NCCCN2C(=O)c3ccc([N+](=O)[O-])cc3C2=O)c(Cl)c1.